The number of carbonyl (C=O) groups is 1. The van der Waals surface area contributed by atoms with E-state index < -0.39 is 5.60 Å². The quantitative estimate of drug-likeness (QED) is 0.801. The third-order valence-corrected chi connectivity index (χ3v) is 3.60. The molecule has 1 saturated heterocycles. The highest BCUT2D eigenvalue weighted by atomic mass is 79.9. The van der Waals surface area contributed by atoms with Crippen LogP contribution in [0.15, 0.2) is 22.7 Å². The summed E-state index contributed by atoms with van der Waals surface area (Å²) in [5, 5.41) is 0. The second-order valence-electron chi connectivity index (χ2n) is 6.03. The van der Waals surface area contributed by atoms with E-state index in [9.17, 15) is 9.18 Å². The van der Waals surface area contributed by atoms with E-state index in [4.69, 9.17) is 9.47 Å². The minimum atomic E-state index is -0.504. The molecular weight excluding hydrogens is 341 g/mol. The normalized spacial score (nSPS) is 18.7. The van der Waals surface area contributed by atoms with Crippen molar-refractivity contribution in [3.05, 3.63) is 28.5 Å². The van der Waals surface area contributed by atoms with Gasteiger partial charge in [-0.25, -0.2) is 9.18 Å². The Labute approximate surface area is 132 Å². The highest BCUT2D eigenvalue weighted by Crippen LogP contribution is 2.28. The molecule has 0 spiro atoms. The van der Waals surface area contributed by atoms with Crippen molar-refractivity contribution in [2.45, 2.75) is 38.9 Å². The second-order valence-corrected chi connectivity index (χ2v) is 6.88. The summed E-state index contributed by atoms with van der Waals surface area (Å²) in [6.45, 7) is 6.58. The molecule has 2 rings (SSSR count). The fourth-order valence-corrected chi connectivity index (χ4v) is 2.51. The predicted octanol–water partition coefficient (Wildman–Crippen LogP) is 3.98. The van der Waals surface area contributed by atoms with Crippen molar-refractivity contribution < 1.29 is 18.7 Å². The minimum absolute atomic E-state index is 0.112. The van der Waals surface area contributed by atoms with Gasteiger partial charge in [0.25, 0.3) is 0 Å². The van der Waals surface area contributed by atoms with Gasteiger partial charge in [0, 0.05) is 13.0 Å². The van der Waals surface area contributed by atoms with E-state index in [1.165, 1.54) is 12.1 Å². The maximum Gasteiger partial charge on any atom is 0.410 e. The Hall–Kier alpha value is -1.30. The maximum absolute atomic E-state index is 13.0. The number of carbonyl (C=O) groups excluding carboxylic acids is 1. The van der Waals surface area contributed by atoms with Crippen LogP contribution in [-0.2, 0) is 4.74 Å². The van der Waals surface area contributed by atoms with Crippen LogP contribution in [-0.4, -0.2) is 35.8 Å². The van der Waals surface area contributed by atoms with Crippen molar-refractivity contribution in [3.8, 4) is 5.75 Å². The molecule has 1 aromatic carbocycles. The summed E-state index contributed by atoms with van der Waals surface area (Å²) in [4.78, 5) is 13.6. The average Bonchev–Trinajstić information content (AvgIpc) is 2.79. The molecule has 1 amide bonds. The van der Waals surface area contributed by atoms with Gasteiger partial charge in [-0.3, -0.25) is 0 Å². The summed E-state index contributed by atoms with van der Waals surface area (Å²) >= 11 is 3.27. The maximum atomic E-state index is 13.0. The van der Waals surface area contributed by atoms with Crippen molar-refractivity contribution in [2.24, 2.45) is 0 Å². The average molecular weight is 360 g/mol. The van der Waals surface area contributed by atoms with Gasteiger partial charge in [-0.2, -0.15) is 0 Å². The molecule has 4 nitrogen and oxygen atoms in total. The van der Waals surface area contributed by atoms with Crippen LogP contribution in [0.3, 0.4) is 0 Å². The molecule has 21 heavy (non-hydrogen) atoms. The number of amides is 1. The zero-order valence-corrected chi connectivity index (χ0v) is 13.9. The van der Waals surface area contributed by atoms with Gasteiger partial charge < -0.3 is 14.4 Å². The van der Waals surface area contributed by atoms with Crippen LogP contribution in [0.2, 0.25) is 0 Å². The Bertz CT molecular complexity index is 530. The van der Waals surface area contributed by atoms with Crippen LogP contribution in [0, 0.1) is 5.82 Å². The van der Waals surface area contributed by atoms with Gasteiger partial charge in [-0.15, -0.1) is 0 Å². The monoisotopic (exact) mass is 359 g/mol. The summed E-state index contributed by atoms with van der Waals surface area (Å²) in [6, 6.07) is 4.28. The molecule has 1 aliphatic heterocycles. The lowest BCUT2D eigenvalue weighted by atomic mass is 10.2. The number of nitrogens with zero attached hydrogens (tertiary/aromatic N) is 1. The molecule has 0 radical (unpaired) electrons. The highest BCUT2D eigenvalue weighted by molar-refractivity contribution is 9.10. The van der Waals surface area contributed by atoms with E-state index in [-0.39, 0.29) is 18.0 Å². The Morgan fingerprint density at radius 2 is 2.14 bits per heavy atom. The van der Waals surface area contributed by atoms with E-state index >= 15 is 0 Å². The van der Waals surface area contributed by atoms with Crippen molar-refractivity contribution in [2.75, 3.05) is 13.1 Å². The van der Waals surface area contributed by atoms with Crippen LogP contribution in [0.1, 0.15) is 27.2 Å². The van der Waals surface area contributed by atoms with E-state index in [0.29, 0.717) is 23.3 Å². The van der Waals surface area contributed by atoms with Crippen molar-refractivity contribution >= 4 is 22.0 Å². The molecule has 0 aromatic heterocycles. The molecule has 0 N–H and O–H groups in total. The van der Waals surface area contributed by atoms with Crippen LogP contribution in [0.25, 0.3) is 0 Å². The molecule has 1 unspecified atom stereocenters. The molecule has 1 heterocycles. The van der Waals surface area contributed by atoms with Crippen LogP contribution in [0.4, 0.5) is 9.18 Å². The molecule has 1 aromatic rings. The lowest BCUT2D eigenvalue weighted by Crippen LogP contribution is -2.36. The summed E-state index contributed by atoms with van der Waals surface area (Å²) < 4.78 is 24.7. The first-order valence-corrected chi connectivity index (χ1v) is 7.63. The summed E-state index contributed by atoms with van der Waals surface area (Å²) in [5.41, 5.74) is -0.504. The first-order chi connectivity index (χ1) is 9.74. The number of likely N-dealkylation sites (tertiary alicyclic amines) is 1. The van der Waals surface area contributed by atoms with Gasteiger partial charge >= 0.3 is 6.09 Å². The van der Waals surface area contributed by atoms with Gasteiger partial charge in [0.15, 0.2) is 0 Å². The predicted molar refractivity (Wildman–Crippen MR) is 80.9 cm³/mol. The molecule has 0 aliphatic carbocycles. The molecular formula is C15H19BrFNO3. The van der Waals surface area contributed by atoms with Gasteiger partial charge in [0.2, 0.25) is 0 Å². The second kappa shape index (κ2) is 6.22. The Morgan fingerprint density at radius 1 is 1.43 bits per heavy atom. The van der Waals surface area contributed by atoms with Crippen molar-refractivity contribution in [3.63, 3.8) is 0 Å². The van der Waals surface area contributed by atoms with E-state index in [2.05, 4.69) is 15.9 Å². The lowest BCUT2D eigenvalue weighted by molar-refractivity contribution is 0.0275. The zero-order chi connectivity index (χ0) is 15.6. The number of hydrogen-bond acceptors (Lipinski definition) is 3. The number of rotatable bonds is 2. The number of hydrogen-bond donors (Lipinski definition) is 0. The van der Waals surface area contributed by atoms with E-state index in [1.807, 2.05) is 20.8 Å². The Balaban J connectivity index is 1.92. The third kappa shape index (κ3) is 4.59. The standard InChI is InChI=1S/C15H19BrFNO3/c1-15(2,3)21-14(19)18-7-6-11(9-18)20-13-5-4-10(17)8-12(13)16/h4-5,8,11H,6-7,9H2,1-3H3. The zero-order valence-electron chi connectivity index (χ0n) is 12.4. The van der Waals surface area contributed by atoms with Crippen molar-refractivity contribution in [1.82, 2.24) is 4.90 Å². The number of ether oxygens (including phenoxy) is 2. The molecule has 0 bridgehead atoms. The summed E-state index contributed by atoms with van der Waals surface area (Å²) in [7, 11) is 0. The first kappa shape index (κ1) is 16.1. The SMILES string of the molecule is CC(C)(C)OC(=O)N1CCC(Oc2ccc(F)cc2Br)C1. The fourth-order valence-electron chi connectivity index (χ4n) is 2.07. The number of halogens is 2. The molecule has 0 saturated carbocycles. The Morgan fingerprint density at radius 3 is 2.76 bits per heavy atom. The third-order valence-electron chi connectivity index (χ3n) is 2.98. The lowest BCUT2D eigenvalue weighted by Gasteiger charge is -2.24. The van der Waals surface area contributed by atoms with Gasteiger partial charge in [0.1, 0.15) is 23.3 Å². The molecule has 1 fully saturated rings. The topological polar surface area (TPSA) is 38.8 Å². The van der Waals surface area contributed by atoms with E-state index in [0.717, 1.165) is 6.42 Å². The van der Waals surface area contributed by atoms with Gasteiger partial charge in [-0.05, 0) is 54.9 Å². The first-order valence-electron chi connectivity index (χ1n) is 6.84. The van der Waals surface area contributed by atoms with Crippen LogP contribution < -0.4 is 4.74 Å². The molecule has 1 aliphatic rings. The highest BCUT2D eigenvalue weighted by Gasteiger charge is 2.31. The summed E-state index contributed by atoms with van der Waals surface area (Å²) in [6.07, 6.45) is 0.286. The molecule has 1 atom stereocenters. The van der Waals surface area contributed by atoms with Crippen molar-refractivity contribution in [1.29, 1.82) is 0 Å². The smallest absolute Gasteiger partial charge is 0.410 e. The van der Waals surface area contributed by atoms with Crippen LogP contribution in [0.5, 0.6) is 5.75 Å². The largest absolute Gasteiger partial charge is 0.487 e. The number of benzene rings is 1. The summed E-state index contributed by atoms with van der Waals surface area (Å²) in [5.74, 6) is 0.253. The van der Waals surface area contributed by atoms with Gasteiger partial charge in [0.05, 0.1) is 11.0 Å². The molecule has 6 heteroatoms. The van der Waals surface area contributed by atoms with E-state index in [1.54, 1.807) is 11.0 Å². The van der Waals surface area contributed by atoms with Crippen LogP contribution >= 0.6 is 15.9 Å². The molecule has 116 valence electrons. The minimum Gasteiger partial charge on any atom is -0.487 e. The fraction of sp³-hybridized carbons (Fsp3) is 0.533. The Kier molecular flexibility index (Phi) is 4.76. The van der Waals surface area contributed by atoms with Gasteiger partial charge in [-0.1, -0.05) is 0 Å².